The second kappa shape index (κ2) is 3.57. The summed E-state index contributed by atoms with van der Waals surface area (Å²) in [5, 5.41) is 10.7. The highest BCUT2D eigenvalue weighted by Gasteiger charge is 2.20. The molecule has 4 heteroatoms. The number of carbonyl (C=O) groups is 1. The highest BCUT2D eigenvalue weighted by atomic mass is 16.4. The Bertz CT molecular complexity index is 149. The Morgan fingerprint density at radius 1 is 1.82 bits per heavy atom. The first-order valence-corrected chi connectivity index (χ1v) is 3.87. The van der Waals surface area contributed by atoms with Gasteiger partial charge in [-0.1, -0.05) is 0 Å². The predicted molar refractivity (Wildman–Crippen MR) is 41.7 cm³/mol. The molecule has 1 aliphatic rings. The fourth-order valence-electron chi connectivity index (χ4n) is 1.44. The Labute approximate surface area is 66.2 Å². The van der Waals surface area contributed by atoms with Crippen LogP contribution in [-0.2, 0) is 0 Å². The zero-order valence-corrected chi connectivity index (χ0v) is 6.71. The molecule has 0 aliphatic carbocycles. The monoisotopic (exact) mass is 158 g/mol. The molecule has 0 aromatic rings. The van der Waals surface area contributed by atoms with Crippen LogP contribution in [0.2, 0.25) is 0 Å². The summed E-state index contributed by atoms with van der Waals surface area (Å²) in [5.74, 6) is 0. The van der Waals surface area contributed by atoms with E-state index in [1.807, 2.05) is 7.05 Å². The minimum atomic E-state index is -0.926. The summed E-state index contributed by atoms with van der Waals surface area (Å²) >= 11 is 0. The first kappa shape index (κ1) is 8.33. The first-order valence-electron chi connectivity index (χ1n) is 3.87. The molecule has 11 heavy (non-hydrogen) atoms. The molecule has 0 saturated carbocycles. The van der Waals surface area contributed by atoms with Gasteiger partial charge in [0.2, 0.25) is 0 Å². The number of carboxylic acid groups (broad SMARTS) is 1. The van der Waals surface area contributed by atoms with Crippen molar-refractivity contribution < 1.29 is 9.90 Å². The van der Waals surface area contributed by atoms with Crippen LogP contribution in [0, 0.1) is 0 Å². The zero-order chi connectivity index (χ0) is 8.27. The topological polar surface area (TPSA) is 52.6 Å². The van der Waals surface area contributed by atoms with Crippen LogP contribution in [0.3, 0.4) is 0 Å². The van der Waals surface area contributed by atoms with E-state index in [4.69, 9.17) is 5.11 Å². The number of amides is 1. The Balaban J connectivity index is 2.20. The molecule has 1 fully saturated rings. The van der Waals surface area contributed by atoms with Gasteiger partial charge in [0.15, 0.2) is 0 Å². The van der Waals surface area contributed by atoms with Crippen LogP contribution < -0.4 is 5.32 Å². The van der Waals surface area contributed by atoms with E-state index < -0.39 is 6.09 Å². The van der Waals surface area contributed by atoms with Crippen LogP contribution in [0.25, 0.3) is 0 Å². The minimum Gasteiger partial charge on any atom is -0.465 e. The lowest BCUT2D eigenvalue weighted by Crippen LogP contribution is -2.37. The van der Waals surface area contributed by atoms with Gasteiger partial charge in [0.25, 0.3) is 0 Å². The molecule has 0 aromatic heterocycles. The van der Waals surface area contributed by atoms with Crippen molar-refractivity contribution in [2.45, 2.75) is 18.9 Å². The van der Waals surface area contributed by atoms with E-state index in [2.05, 4.69) is 10.2 Å². The number of likely N-dealkylation sites (tertiary alicyclic amines) is 1. The van der Waals surface area contributed by atoms with E-state index in [0.717, 1.165) is 13.0 Å². The standard InChI is InChI=1S/C7H14N2O2/c1-9-4-2-3-6(9)5-8-7(10)11/h6,8H,2-5H2,1H3,(H,10,11). The molecule has 1 heterocycles. The highest BCUT2D eigenvalue weighted by Crippen LogP contribution is 2.13. The van der Waals surface area contributed by atoms with Gasteiger partial charge < -0.3 is 15.3 Å². The first-order chi connectivity index (χ1) is 5.20. The number of hydrogen-bond acceptors (Lipinski definition) is 2. The molecular weight excluding hydrogens is 144 g/mol. The maximum atomic E-state index is 10.1. The zero-order valence-electron chi connectivity index (χ0n) is 6.71. The summed E-state index contributed by atoms with van der Waals surface area (Å²) in [6.45, 7) is 1.65. The Morgan fingerprint density at radius 2 is 2.55 bits per heavy atom. The highest BCUT2D eigenvalue weighted by molar-refractivity contribution is 5.64. The average molecular weight is 158 g/mol. The molecule has 1 atom stereocenters. The van der Waals surface area contributed by atoms with Gasteiger partial charge in [0.1, 0.15) is 0 Å². The van der Waals surface area contributed by atoms with Gasteiger partial charge in [-0.3, -0.25) is 0 Å². The average Bonchev–Trinajstić information content (AvgIpc) is 2.31. The van der Waals surface area contributed by atoms with Gasteiger partial charge in [0.05, 0.1) is 0 Å². The third-order valence-electron chi connectivity index (χ3n) is 2.16. The molecule has 4 nitrogen and oxygen atoms in total. The maximum Gasteiger partial charge on any atom is 0.404 e. The lowest BCUT2D eigenvalue weighted by Gasteiger charge is -2.18. The molecular formula is C7H14N2O2. The number of likely N-dealkylation sites (N-methyl/N-ethyl adjacent to an activating group) is 1. The van der Waals surface area contributed by atoms with E-state index in [1.54, 1.807) is 0 Å². The van der Waals surface area contributed by atoms with Crippen LogP contribution in [0.4, 0.5) is 4.79 Å². The molecule has 1 saturated heterocycles. The van der Waals surface area contributed by atoms with E-state index in [-0.39, 0.29) is 0 Å². The smallest absolute Gasteiger partial charge is 0.404 e. The van der Waals surface area contributed by atoms with Crippen molar-refractivity contribution in [3.8, 4) is 0 Å². The van der Waals surface area contributed by atoms with Crippen molar-refractivity contribution in [2.75, 3.05) is 20.1 Å². The van der Waals surface area contributed by atoms with E-state index in [0.29, 0.717) is 12.6 Å². The van der Waals surface area contributed by atoms with Gasteiger partial charge >= 0.3 is 6.09 Å². The third kappa shape index (κ3) is 2.38. The van der Waals surface area contributed by atoms with E-state index in [1.165, 1.54) is 6.42 Å². The Kier molecular flexibility index (Phi) is 2.70. The van der Waals surface area contributed by atoms with Gasteiger partial charge in [-0.15, -0.1) is 0 Å². The van der Waals surface area contributed by atoms with Crippen molar-refractivity contribution in [1.82, 2.24) is 10.2 Å². The van der Waals surface area contributed by atoms with Crippen LogP contribution >= 0.6 is 0 Å². The van der Waals surface area contributed by atoms with Gasteiger partial charge in [-0.05, 0) is 26.4 Å². The SMILES string of the molecule is CN1CCCC1CNC(=O)O. The normalized spacial score (nSPS) is 25.4. The maximum absolute atomic E-state index is 10.1. The Hall–Kier alpha value is -0.770. The molecule has 1 aliphatic heterocycles. The van der Waals surface area contributed by atoms with Crippen LogP contribution in [0.5, 0.6) is 0 Å². The fraction of sp³-hybridized carbons (Fsp3) is 0.857. The van der Waals surface area contributed by atoms with Crippen molar-refractivity contribution in [3.63, 3.8) is 0 Å². The van der Waals surface area contributed by atoms with Crippen LogP contribution in [0.15, 0.2) is 0 Å². The molecule has 0 aromatic carbocycles. The molecule has 64 valence electrons. The van der Waals surface area contributed by atoms with Crippen molar-refractivity contribution >= 4 is 6.09 Å². The van der Waals surface area contributed by atoms with Gasteiger partial charge in [-0.25, -0.2) is 4.79 Å². The molecule has 0 bridgehead atoms. The Morgan fingerprint density at radius 3 is 3.00 bits per heavy atom. The fourth-order valence-corrected chi connectivity index (χ4v) is 1.44. The number of nitrogens with one attached hydrogen (secondary N) is 1. The largest absolute Gasteiger partial charge is 0.465 e. The van der Waals surface area contributed by atoms with Crippen molar-refractivity contribution in [2.24, 2.45) is 0 Å². The number of hydrogen-bond donors (Lipinski definition) is 2. The minimum absolute atomic E-state index is 0.408. The van der Waals surface area contributed by atoms with Crippen LogP contribution in [0.1, 0.15) is 12.8 Å². The predicted octanol–water partition coefficient (Wildman–Crippen LogP) is 0.348. The van der Waals surface area contributed by atoms with Crippen molar-refractivity contribution in [1.29, 1.82) is 0 Å². The molecule has 2 N–H and O–H groups in total. The van der Waals surface area contributed by atoms with Gasteiger partial charge in [0, 0.05) is 12.6 Å². The lowest BCUT2D eigenvalue weighted by molar-refractivity contribution is 0.189. The van der Waals surface area contributed by atoms with Gasteiger partial charge in [-0.2, -0.15) is 0 Å². The second-order valence-corrected chi connectivity index (χ2v) is 2.96. The summed E-state index contributed by atoms with van der Waals surface area (Å²) in [7, 11) is 2.03. The number of rotatable bonds is 2. The number of nitrogens with zero attached hydrogens (tertiary/aromatic N) is 1. The molecule has 0 spiro atoms. The summed E-state index contributed by atoms with van der Waals surface area (Å²) in [5.41, 5.74) is 0. The summed E-state index contributed by atoms with van der Waals surface area (Å²) in [6.07, 6.45) is 1.37. The summed E-state index contributed by atoms with van der Waals surface area (Å²) < 4.78 is 0. The van der Waals surface area contributed by atoms with E-state index in [9.17, 15) is 4.79 Å². The quantitative estimate of drug-likeness (QED) is 0.609. The second-order valence-electron chi connectivity index (χ2n) is 2.96. The van der Waals surface area contributed by atoms with Crippen molar-refractivity contribution in [3.05, 3.63) is 0 Å². The molecule has 1 amide bonds. The molecule has 1 rings (SSSR count). The molecule has 1 unspecified atom stereocenters. The lowest BCUT2D eigenvalue weighted by atomic mass is 10.2. The van der Waals surface area contributed by atoms with E-state index >= 15 is 0 Å². The summed E-state index contributed by atoms with van der Waals surface area (Å²) in [6, 6.07) is 0.408. The van der Waals surface area contributed by atoms with Crippen LogP contribution in [-0.4, -0.2) is 42.3 Å². The molecule has 0 radical (unpaired) electrons. The third-order valence-corrected chi connectivity index (χ3v) is 2.16. The summed E-state index contributed by atoms with van der Waals surface area (Å²) in [4.78, 5) is 12.3.